The van der Waals surface area contributed by atoms with Crippen LogP contribution in [0.1, 0.15) is 34.1 Å². The Morgan fingerprint density at radius 1 is 1.17 bits per heavy atom. The first kappa shape index (κ1) is 20.3. The highest BCUT2D eigenvalue weighted by molar-refractivity contribution is 7.17. The Morgan fingerprint density at radius 2 is 1.97 bits per heavy atom. The Labute approximate surface area is 178 Å². The quantitative estimate of drug-likeness (QED) is 0.736. The van der Waals surface area contributed by atoms with Crippen LogP contribution >= 0.6 is 11.3 Å². The first-order valence-electron chi connectivity index (χ1n) is 10.0. The summed E-state index contributed by atoms with van der Waals surface area (Å²) in [6, 6.07) is 4.93. The van der Waals surface area contributed by atoms with Crippen molar-refractivity contribution in [2.75, 3.05) is 31.6 Å². The van der Waals surface area contributed by atoms with E-state index in [0.29, 0.717) is 43.2 Å². The van der Waals surface area contributed by atoms with Crippen LogP contribution in [-0.2, 0) is 29.1 Å². The molecule has 0 spiro atoms. The molecule has 0 aliphatic carbocycles. The molecule has 2 aromatic heterocycles. The summed E-state index contributed by atoms with van der Waals surface area (Å²) in [6.45, 7) is 3.77. The maximum absolute atomic E-state index is 12.9. The van der Waals surface area contributed by atoms with Crippen molar-refractivity contribution >= 4 is 34.1 Å². The molecule has 30 heavy (non-hydrogen) atoms. The Kier molecular flexibility index (Phi) is 5.46. The zero-order chi connectivity index (χ0) is 21.4. The number of aryl methyl sites for hydroxylation is 1. The first-order valence-corrected chi connectivity index (χ1v) is 10.9. The molecule has 3 amide bonds. The molecule has 0 N–H and O–H groups in total. The van der Waals surface area contributed by atoms with Gasteiger partial charge in [-0.15, -0.1) is 11.3 Å². The van der Waals surface area contributed by atoms with Crippen molar-refractivity contribution in [1.82, 2.24) is 14.4 Å². The van der Waals surface area contributed by atoms with E-state index in [0.717, 1.165) is 10.4 Å². The fourth-order valence-electron chi connectivity index (χ4n) is 4.02. The van der Waals surface area contributed by atoms with Crippen LogP contribution in [-0.4, -0.2) is 58.8 Å². The molecule has 0 saturated heterocycles. The van der Waals surface area contributed by atoms with Crippen LogP contribution < -0.4 is 10.5 Å². The van der Waals surface area contributed by atoms with Gasteiger partial charge in [-0.05, 0) is 25.0 Å². The highest BCUT2D eigenvalue weighted by atomic mass is 32.1. The highest BCUT2D eigenvalue weighted by Gasteiger charge is 2.36. The number of fused-ring (bicyclic) bond motifs is 3. The number of anilines is 1. The molecule has 158 valence electrons. The van der Waals surface area contributed by atoms with Gasteiger partial charge in [0, 0.05) is 50.2 Å². The van der Waals surface area contributed by atoms with Gasteiger partial charge in [-0.2, -0.15) is 0 Å². The third-order valence-electron chi connectivity index (χ3n) is 5.65. The molecule has 9 heteroatoms. The molecular formula is C21H24N4O4S. The third-order valence-corrected chi connectivity index (χ3v) is 6.89. The number of hydrogen-bond acceptors (Lipinski definition) is 5. The lowest BCUT2D eigenvalue weighted by molar-refractivity contribution is -0.132. The van der Waals surface area contributed by atoms with Gasteiger partial charge in [0.05, 0.1) is 12.1 Å². The second-order valence-electron chi connectivity index (χ2n) is 7.53. The molecule has 2 aliphatic rings. The minimum atomic E-state index is -0.130. The van der Waals surface area contributed by atoms with E-state index < -0.39 is 0 Å². The van der Waals surface area contributed by atoms with Crippen molar-refractivity contribution in [3.8, 4) is 0 Å². The molecule has 0 unspecified atom stereocenters. The summed E-state index contributed by atoms with van der Waals surface area (Å²) in [6.07, 6.45) is 2.51. The summed E-state index contributed by atoms with van der Waals surface area (Å²) in [4.78, 5) is 55.9. The molecule has 8 nitrogen and oxygen atoms in total. The van der Waals surface area contributed by atoms with Crippen LogP contribution in [0.5, 0.6) is 0 Å². The first-order chi connectivity index (χ1) is 14.4. The van der Waals surface area contributed by atoms with E-state index in [9.17, 15) is 19.2 Å². The van der Waals surface area contributed by atoms with Crippen LogP contribution in [0, 0.1) is 0 Å². The second-order valence-corrected chi connectivity index (χ2v) is 8.61. The Morgan fingerprint density at radius 3 is 2.70 bits per heavy atom. The Hall–Kier alpha value is -2.94. The Bertz CT molecular complexity index is 1070. The lowest BCUT2D eigenvalue weighted by Crippen LogP contribution is -2.38. The van der Waals surface area contributed by atoms with E-state index >= 15 is 0 Å². The molecule has 0 aromatic carbocycles. The predicted octanol–water partition coefficient (Wildman–Crippen LogP) is 1.32. The van der Waals surface area contributed by atoms with Gasteiger partial charge in [-0.25, -0.2) is 0 Å². The van der Waals surface area contributed by atoms with Crippen molar-refractivity contribution in [2.24, 2.45) is 0 Å². The largest absolute Gasteiger partial charge is 0.337 e. The predicted molar refractivity (Wildman–Crippen MR) is 114 cm³/mol. The normalized spacial score (nSPS) is 16.4. The smallest absolute Gasteiger partial charge is 0.257 e. The zero-order valence-electron chi connectivity index (χ0n) is 17.1. The van der Waals surface area contributed by atoms with Gasteiger partial charge in [0.25, 0.3) is 11.5 Å². The molecule has 0 bridgehead atoms. The van der Waals surface area contributed by atoms with E-state index in [1.54, 1.807) is 35.2 Å². The van der Waals surface area contributed by atoms with E-state index in [1.165, 1.54) is 26.9 Å². The number of thiophene rings is 1. The lowest BCUT2D eigenvalue weighted by Gasteiger charge is -2.27. The molecule has 2 aliphatic heterocycles. The standard InChI is InChI=1S/C21H24N4O4S/c1-3-25-18(28)13-22(2)20(29)19-14-7-10-24(12-15(14)30-21(19)25)17(27)8-11-23-9-5-4-6-16(23)26/h4-6,9H,3,7-8,10-13H2,1-2H3. The molecule has 0 saturated carbocycles. The van der Waals surface area contributed by atoms with Gasteiger partial charge in [0.15, 0.2) is 0 Å². The molecule has 4 heterocycles. The molecule has 2 aromatic rings. The number of likely N-dealkylation sites (N-methyl/N-ethyl adjacent to an activating group) is 2. The van der Waals surface area contributed by atoms with Crippen LogP contribution in [0.15, 0.2) is 29.2 Å². The number of carbonyl (C=O) groups excluding carboxylic acids is 3. The maximum Gasteiger partial charge on any atom is 0.257 e. The molecule has 0 fully saturated rings. The summed E-state index contributed by atoms with van der Waals surface area (Å²) >= 11 is 1.44. The van der Waals surface area contributed by atoms with E-state index in [1.807, 2.05) is 6.92 Å². The SMILES string of the molecule is CCN1C(=O)CN(C)C(=O)c2c1sc1c2CCN(C(=O)CCn2ccccc2=O)C1. The number of rotatable bonds is 4. The van der Waals surface area contributed by atoms with Crippen LogP contribution in [0.4, 0.5) is 5.00 Å². The topological polar surface area (TPSA) is 82.9 Å². The van der Waals surface area contributed by atoms with Gasteiger partial charge >= 0.3 is 0 Å². The summed E-state index contributed by atoms with van der Waals surface area (Å²) in [5.74, 6) is -0.242. The van der Waals surface area contributed by atoms with Crippen molar-refractivity contribution < 1.29 is 14.4 Å². The lowest BCUT2D eigenvalue weighted by atomic mass is 10.0. The minimum Gasteiger partial charge on any atom is -0.337 e. The minimum absolute atomic E-state index is 0.0214. The number of carbonyl (C=O) groups is 3. The zero-order valence-corrected chi connectivity index (χ0v) is 17.9. The van der Waals surface area contributed by atoms with E-state index in [4.69, 9.17) is 0 Å². The fourth-order valence-corrected chi connectivity index (χ4v) is 5.45. The van der Waals surface area contributed by atoms with Gasteiger partial charge in [-0.1, -0.05) is 6.07 Å². The summed E-state index contributed by atoms with van der Waals surface area (Å²) < 4.78 is 1.53. The van der Waals surface area contributed by atoms with Crippen molar-refractivity contribution in [1.29, 1.82) is 0 Å². The number of aromatic nitrogens is 1. The molecule has 0 radical (unpaired) electrons. The highest BCUT2D eigenvalue weighted by Crippen LogP contribution is 2.41. The molecular weight excluding hydrogens is 404 g/mol. The monoisotopic (exact) mass is 428 g/mol. The van der Waals surface area contributed by atoms with Crippen LogP contribution in [0.25, 0.3) is 0 Å². The van der Waals surface area contributed by atoms with E-state index in [-0.39, 0.29) is 36.2 Å². The summed E-state index contributed by atoms with van der Waals surface area (Å²) in [7, 11) is 1.65. The van der Waals surface area contributed by atoms with E-state index in [2.05, 4.69) is 0 Å². The van der Waals surface area contributed by atoms with Crippen LogP contribution in [0.3, 0.4) is 0 Å². The number of hydrogen-bond donors (Lipinski definition) is 0. The van der Waals surface area contributed by atoms with Crippen LogP contribution in [0.2, 0.25) is 0 Å². The summed E-state index contributed by atoms with van der Waals surface area (Å²) in [5, 5.41) is 0.701. The van der Waals surface area contributed by atoms with Gasteiger partial charge in [0.2, 0.25) is 11.8 Å². The molecule has 4 rings (SSSR count). The second kappa shape index (κ2) is 8.06. The van der Waals surface area contributed by atoms with Gasteiger partial charge < -0.3 is 19.3 Å². The number of amides is 3. The average Bonchev–Trinajstić information content (AvgIpc) is 3.07. The van der Waals surface area contributed by atoms with Gasteiger partial charge in [0.1, 0.15) is 11.5 Å². The van der Waals surface area contributed by atoms with Crippen molar-refractivity contribution in [3.05, 3.63) is 50.8 Å². The summed E-state index contributed by atoms with van der Waals surface area (Å²) in [5.41, 5.74) is 1.46. The van der Waals surface area contributed by atoms with Crippen molar-refractivity contribution in [2.45, 2.75) is 32.9 Å². The molecule has 0 atom stereocenters. The Balaban J connectivity index is 1.55. The number of pyridine rings is 1. The third kappa shape index (κ3) is 3.54. The maximum atomic E-state index is 12.9. The van der Waals surface area contributed by atoms with Crippen molar-refractivity contribution in [3.63, 3.8) is 0 Å². The van der Waals surface area contributed by atoms with Gasteiger partial charge in [-0.3, -0.25) is 19.2 Å². The fraction of sp³-hybridized carbons (Fsp3) is 0.429. The number of nitrogens with zero attached hydrogens (tertiary/aromatic N) is 4. The average molecular weight is 429 g/mol.